The molecule has 1 unspecified atom stereocenters. The summed E-state index contributed by atoms with van der Waals surface area (Å²) in [6.07, 6.45) is -1.58. The Labute approximate surface area is 769 Å². The summed E-state index contributed by atoms with van der Waals surface area (Å²) in [5.74, 6) is -16.3. The monoisotopic (exact) mass is 1880 g/mol. The van der Waals surface area contributed by atoms with Crippen LogP contribution in [0.1, 0.15) is 136 Å². The van der Waals surface area contributed by atoms with Gasteiger partial charge in [-0.3, -0.25) is 86.9 Å². The number of alkyl carbamates (subject to hydrolysis) is 1. The molecule has 42 nitrogen and oxygen atoms in total. The number of para-hydroxylation sites is 3. The minimum atomic E-state index is -3.26. The first-order chi connectivity index (χ1) is 64.2. The molecule has 3 aromatic heterocycles. The molecule has 0 aliphatic carbocycles. The fourth-order valence-corrected chi connectivity index (χ4v) is 14.4. The van der Waals surface area contributed by atoms with Gasteiger partial charge in [-0.05, 0) is 64.1 Å². The third-order valence-corrected chi connectivity index (χ3v) is 20.9. The van der Waals surface area contributed by atoms with Crippen molar-refractivity contribution in [1.29, 1.82) is 15.8 Å². The van der Waals surface area contributed by atoms with Crippen molar-refractivity contribution in [2.45, 2.75) is 152 Å². The number of ether oxygens (including phenoxy) is 4. The molecule has 0 saturated carbocycles. The quantitative estimate of drug-likeness (QED) is 0.0193. The zero-order chi connectivity index (χ0) is 98.2. The average Bonchev–Trinajstić information content (AvgIpc) is 1.70. The number of carbonyl (C=O) groups is 16. The predicted molar refractivity (Wildman–Crippen MR) is 469 cm³/mol. The Morgan fingerprint density at radius 3 is 0.970 bits per heavy atom. The Balaban J connectivity index is 0.718. The molecule has 3 aliphatic heterocycles. The van der Waals surface area contributed by atoms with Gasteiger partial charge in [0.2, 0.25) is 70.9 Å². The van der Waals surface area contributed by atoms with E-state index in [0.717, 1.165) is 4.90 Å². The van der Waals surface area contributed by atoms with E-state index in [2.05, 4.69) is 84.1 Å². The van der Waals surface area contributed by atoms with Gasteiger partial charge in [0.1, 0.15) is 34.9 Å². The van der Waals surface area contributed by atoms with Crippen LogP contribution in [0.2, 0.25) is 0 Å². The standard InChI is InChI=1S/C88H103F5N22O20/c1-84(2,3)135-83(131)112-86(50-132-35-23-68(119)100-32-29-97-65(116)14-17-71(122)109-62-11-5-8-56-59(20-26-103-77(56)62)80(128)106-44-74(125)113-47-85(4,89)38-53(113)41-94,51-133-36-24-69(120)101-33-30-98-66(117)15-18-72(123)110-63-12-6-9-57-60(21-27-104-78(57)63)81(129)107-45-75(126)114-48-87(90,91)39-54(114)42-95)52-134-37-25-70(121)102-34-31-99-67(118)16-19-73(124)111-64-13-7-10-58-61(22-28-105-79(58)64)82(130)108-46-76(127)115-49-88(92,93)40-55(115)43-96/h5-13,20-22,26-28,53-55H,14-19,23-25,29-40,44-52H2,1-4H3,(H,97,116)(H,98,117)(H,99,118)(H,100,119)(H,101,120)(H,102,121)(H,106,128)(H,107,129)(H,108,130)(H,109,122)(H,110,123)(H,111,124)(H,112,131)/t53-,54-,55-,85?/m0/s1. The maximum Gasteiger partial charge on any atom is 0.408 e. The highest BCUT2D eigenvalue weighted by Gasteiger charge is 2.49. The van der Waals surface area contributed by atoms with Crippen molar-refractivity contribution in [3.05, 3.63) is 108 Å². The molecular weight excluding hydrogens is 1780 g/mol. The van der Waals surface area contributed by atoms with Crippen molar-refractivity contribution < 1.29 is 118 Å². The fraction of sp³-hybridized carbons (Fsp3) is 0.477. The van der Waals surface area contributed by atoms with Crippen molar-refractivity contribution in [2.75, 3.05) is 134 Å². The molecular formula is C88H103F5N22O20. The number of aromatic nitrogens is 3. The summed E-state index contributed by atoms with van der Waals surface area (Å²) in [6.45, 7) is -0.693. The van der Waals surface area contributed by atoms with Crippen molar-refractivity contribution in [2.24, 2.45) is 0 Å². The number of likely N-dealkylation sites (tertiary alicyclic amines) is 3. The van der Waals surface area contributed by atoms with Crippen molar-refractivity contribution in [1.82, 2.24) is 82.8 Å². The number of amides is 16. The topological polar surface area (TPSA) is 586 Å². The van der Waals surface area contributed by atoms with E-state index in [-0.39, 0.29) is 191 Å². The van der Waals surface area contributed by atoms with Gasteiger partial charge in [0.15, 0.2) is 0 Å². The first-order valence-corrected chi connectivity index (χ1v) is 42.9. The summed E-state index contributed by atoms with van der Waals surface area (Å²) < 4.78 is 94.1. The molecule has 9 rings (SSSR count). The maximum atomic E-state index is 14.7. The zero-order valence-electron chi connectivity index (χ0n) is 74.2. The van der Waals surface area contributed by atoms with E-state index < -0.39 is 207 Å². The van der Waals surface area contributed by atoms with Crippen LogP contribution in [0.4, 0.5) is 43.8 Å². The molecule has 47 heteroatoms. The molecule has 135 heavy (non-hydrogen) atoms. The normalized spacial score (nSPS) is 16.4. The molecule has 16 amide bonds. The number of hydrogen-bond acceptors (Lipinski definition) is 26. The number of carbonyl (C=O) groups excluding carboxylic acids is 16. The second-order valence-corrected chi connectivity index (χ2v) is 33.0. The van der Waals surface area contributed by atoms with Crippen LogP contribution in [-0.2, 0) is 76.5 Å². The van der Waals surface area contributed by atoms with Gasteiger partial charge < -0.3 is 103 Å². The number of anilines is 3. The van der Waals surface area contributed by atoms with Crippen molar-refractivity contribution in [3.63, 3.8) is 0 Å². The molecule has 3 fully saturated rings. The van der Waals surface area contributed by atoms with Gasteiger partial charge in [-0.15, -0.1) is 0 Å². The van der Waals surface area contributed by atoms with Gasteiger partial charge >= 0.3 is 6.09 Å². The van der Waals surface area contributed by atoms with Crippen LogP contribution in [0.15, 0.2) is 91.4 Å². The zero-order valence-corrected chi connectivity index (χ0v) is 74.2. The van der Waals surface area contributed by atoms with Gasteiger partial charge in [0.25, 0.3) is 29.6 Å². The minimum Gasteiger partial charge on any atom is -0.444 e. The smallest absolute Gasteiger partial charge is 0.408 e. The molecule has 0 radical (unpaired) electrons. The number of benzene rings is 3. The molecule has 3 aliphatic rings. The lowest BCUT2D eigenvalue weighted by atomic mass is 10.0. The van der Waals surface area contributed by atoms with E-state index in [1.165, 1.54) is 86.2 Å². The van der Waals surface area contributed by atoms with E-state index in [1.807, 2.05) is 6.07 Å². The summed E-state index contributed by atoms with van der Waals surface area (Å²) >= 11 is 0. The number of fused-ring (bicyclic) bond motifs is 3. The number of pyridine rings is 3. The molecule has 6 heterocycles. The summed E-state index contributed by atoms with van der Waals surface area (Å²) in [5, 5.41) is 62.5. The molecule has 3 aromatic carbocycles. The number of nitriles is 3. The van der Waals surface area contributed by atoms with Crippen molar-refractivity contribution >= 4 is 144 Å². The van der Waals surface area contributed by atoms with E-state index in [0.29, 0.717) is 15.2 Å². The van der Waals surface area contributed by atoms with Crippen molar-refractivity contribution in [3.8, 4) is 18.2 Å². The lowest BCUT2D eigenvalue weighted by Crippen LogP contribution is -2.59. The highest BCUT2D eigenvalue weighted by Crippen LogP contribution is 2.35. The Bertz CT molecular complexity index is 5060. The van der Waals surface area contributed by atoms with Crippen LogP contribution in [-0.4, -0.2) is 289 Å². The Morgan fingerprint density at radius 2 is 0.674 bits per heavy atom. The summed E-state index contributed by atoms with van der Waals surface area (Å²) in [4.78, 5) is 225. The molecule has 4 atom stereocenters. The third-order valence-electron chi connectivity index (χ3n) is 20.9. The van der Waals surface area contributed by atoms with Gasteiger partial charge in [0.05, 0.1) is 147 Å². The molecule has 720 valence electrons. The van der Waals surface area contributed by atoms with E-state index >= 15 is 0 Å². The van der Waals surface area contributed by atoms with Gasteiger partial charge in [-0.2, -0.15) is 15.8 Å². The third kappa shape index (κ3) is 32.0. The van der Waals surface area contributed by atoms with Gasteiger partial charge in [-0.25, -0.2) is 26.7 Å². The molecule has 3 saturated heterocycles. The summed E-state index contributed by atoms with van der Waals surface area (Å²) in [6, 6.07) is 19.3. The minimum absolute atomic E-state index is 0.0290. The number of nitrogens with zero attached hydrogens (tertiary/aromatic N) is 9. The van der Waals surface area contributed by atoms with Crippen LogP contribution in [0.5, 0.6) is 0 Å². The number of hydrogen-bond donors (Lipinski definition) is 13. The molecule has 13 N–H and O–H groups in total. The number of alkyl halides is 5. The highest BCUT2D eigenvalue weighted by molar-refractivity contribution is 6.14. The number of nitrogens with one attached hydrogen (secondary N) is 13. The Morgan fingerprint density at radius 1 is 0.393 bits per heavy atom. The number of halogens is 5. The van der Waals surface area contributed by atoms with E-state index in [9.17, 15) is 114 Å². The van der Waals surface area contributed by atoms with Gasteiger partial charge in [0, 0.05) is 151 Å². The van der Waals surface area contributed by atoms with Crippen LogP contribution in [0.25, 0.3) is 32.7 Å². The lowest BCUT2D eigenvalue weighted by molar-refractivity contribution is -0.132. The van der Waals surface area contributed by atoms with Gasteiger partial charge in [-0.1, -0.05) is 36.4 Å². The second kappa shape index (κ2) is 48.6. The summed E-state index contributed by atoms with van der Waals surface area (Å²) in [7, 11) is 0. The molecule has 0 bridgehead atoms. The number of rotatable bonds is 46. The summed E-state index contributed by atoms with van der Waals surface area (Å²) in [5.41, 5.74) is -3.24. The highest BCUT2D eigenvalue weighted by atomic mass is 19.3. The van der Waals surface area contributed by atoms with Crippen LogP contribution < -0.4 is 69.1 Å². The first kappa shape index (κ1) is 104. The van der Waals surface area contributed by atoms with E-state index in [4.69, 9.17) is 18.9 Å². The van der Waals surface area contributed by atoms with Crippen LogP contribution in [0.3, 0.4) is 0 Å². The first-order valence-electron chi connectivity index (χ1n) is 42.9. The average molecular weight is 1880 g/mol. The molecule has 0 spiro atoms. The van der Waals surface area contributed by atoms with E-state index in [1.54, 1.807) is 45.0 Å². The van der Waals surface area contributed by atoms with Crippen LogP contribution >= 0.6 is 0 Å². The SMILES string of the molecule is CC1(F)C[C@@H](C#N)N(C(=O)CNC(=O)c2ccnc3c(NC(=O)CCC(=O)NCCNC(=O)CCOCC(COCCC(=O)NCCNC(=O)CCC(=O)Nc4cccc5c(C(=O)NCC(=O)N6CC(F)(F)C[C@H]6C#N)ccnc45)(COCCC(=O)NCCNC(=O)CCC(=O)Nc4cccc5c(C(=O)NCC(=O)N6CC(F)(F)C[C@H]6C#N)ccnc45)NC(=O)OC(C)(C)C)cccc23)C1. The molecule has 6 aromatic rings. The lowest BCUT2D eigenvalue weighted by Gasteiger charge is -2.35. The Hall–Kier alpha value is -14.8. The largest absolute Gasteiger partial charge is 0.444 e. The Kier molecular flexibility index (Phi) is 37.4. The predicted octanol–water partition coefficient (Wildman–Crippen LogP) is 2.63. The maximum absolute atomic E-state index is 14.7. The van der Waals surface area contributed by atoms with Crippen LogP contribution in [0, 0.1) is 34.0 Å². The fourth-order valence-electron chi connectivity index (χ4n) is 14.4. The second-order valence-electron chi connectivity index (χ2n) is 33.0.